The van der Waals surface area contributed by atoms with E-state index < -0.39 is 0 Å². The van der Waals surface area contributed by atoms with Crippen LogP contribution in [-0.4, -0.2) is 23.3 Å². The highest BCUT2D eigenvalue weighted by Crippen LogP contribution is 2.29. The fourth-order valence-electron chi connectivity index (χ4n) is 2.94. The first-order valence-electron chi connectivity index (χ1n) is 9.51. The summed E-state index contributed by atoms with van der Waals surface area (Å²) in [5.41, 5.74) is 3.07. The molecule has 0 aliphatic carbocycles. The van der Waals surface area contributed by atoms with E-state index in [2.05, 4.69) is 31.4 Å². The van der Waals surface area contributed by atoms with Gasteiger partial charge in [-0.05, 0) is 42.0 Å². The van der Waals surface area contributed by atoms with Crippen LogP contribution in [-0.2, 0) is 9.59 Å². The molecule has 0 aromatic heterocycles. The lowest BCUT2D eigenvalue weighted by atomic mass is 9.85. The normalized spacial score (nSPS) is 12.3. The van der Waals surface area contributed by atoms with Crippen molar-refractivity contribution in [1.82, 2.24) is 5.32 Å². The summed E-state index contributed by atoms with van der Waals surface area (Å²) in [6.45, 7) is 8.48. The SMILES string of the molecule is Cc1cccc(NC(=O)CSCC(=O)NC(CC(C)(C)C)c2ccccc2)c1. The minimum Gasteiger partial charge on any atom is -0.349 e. The van der Waals surface area contributed by atoms with Gasteiger partial charge in [0.25, 0.3) is 0 Å². The minimum atomic E-state index is -0.0994. The average Bonchev–Trinajstić information content (AvgIpc) is 2.61. The molecular weight excluding hydrogens is 368 g/mol. The maximum atomic E-state index is 12.4. The van der Waals surface area contributed by atoms with Gasteiger partial charge in [-0.15, -0.1) is 11.8 Å². The first kappa shape index (κ1) is 22.0. The Kier molecular flexibility index (Phi) is 8.12. The Labute approximate surface area is 172 Å². The van der Waals surface area contributed by atoms with Crippen molar-refractivity contribution in [3.63, 3.8) is 0 Å². The predicted octanol–water partition coefficient (Wildman–Crippen LogP) is 4.96. The Hall–Kier alpha value is -2.27. The second-order valence-corrected chi connectivity index (χ2v) is 9.19. The molecule has 0 saturated heterocycles. The number of carbonyl (C=O) groups excluding carboxylic acids is 2. The standard InChI is InChI=1S/C23H30N2O2S/c1-17-9-8-12-19(13-17)24-21(26)15-28-16-22(27)25-20(14-23(2,3)4)18-10-6-5-7-11-18/h5-13,20H,14-16H2,1-4H3,(H,24,26)(H,25,27). The van der Waals surface area contributed by atoms with Crippen molar-refractivity contribution in [3.8, 4) is 0 Å². The van der Waals surface area contributed by atoms with Crippen LogP contribution in [0.1, 0.15) is 44.4 Å². The molecule has 0 radical (unpaired) electrons. The lowest BCUT2D eigenvalue weighted by Crippen LogP contribution is -2.32. The molecule has 150 valence electrons. The van der Waals surface area contributed by atoms with Crippen LogP contribution in [0.4, 0.5) is 5.69 Å². The van der Waals surface area contributed by atoms with Crippen LogP contribution in [0.25, 0.3) is 0 Å². The molecule has 0 spiro atoms. The lowest BCUT2D eigenvalue weighted by molar-refractivity contribution is -0.119. The van der Waals surface area contributed by atoms with Gasteiger partial charge in [0.05, 0.1) is 17.5 Å². The van der Waals surface area contributed by atoms with Gasteiger partial charge in [0.1, 0.15) is 0 Å². The van der Waals surface area contributed by atoms with Crippen molar-refractivity contribution in [2.24, 2.45) is 5.41 Å². The van der Waals surface area contributed by atoms with Gasteiger partial charge in [0.15, 0.2) is 0 Å². The van der Waals surface area contributed by atoms with E-state index in [-0.39, 0.29) is 34.8 Å². The van der Waals surface area contributed by atoms with Crippen LogP contribution in [0.3, 0.4) is 0 Å². The minimum absolute atomic E-state index is 0.0320. The summed E-state index contributed by atoms with van der Waals surface area (Å²) in [6, 6.07) is 17.7. The summed E-state index contributed by atoms with van der Waals surface area (Å²) in [7, 11) is 0. The van der Waals surface area contributed by atoms with Crippen LogP contribution in [0, 0.1) is 12.3 Å². The second-order valence-electron chi connectivity index (χ2n) is 8.21. The van der Waals surface area contributed by atoms with E-state index >= 15 is 0 Å². The van der Waals surface area contributed by atoms with Gasteiger partial charge in [0.2, 0.25) is 11.8 Å². The van der Waals surface area contributed by atoms with E-state index in [1.807, 2.05) is 61.5 Å². The molecule has 2 aromatic rings. The van der Waals surface area contributed by atoms with Crippen molar-refractivity contribution in [1.29, 1.82) is 0 Å². The number of aryl methyl sites for hydroxylation is 1. The van der Waals surface area contributed by atoms with Gasteiger partial charge >= 0.3 is 0 Å². The second kappa shape index (κ2) is 10.3. The number of thioether (sulfide) groups is 1. The summed E-state index contributed by atoms with van der Waals surface area (Å²) in [5, 5.41) is 5.99. The maximum absolute atomic E-state index is 12.4. The number of carbonyl (C=O) groups is 2. The fraction of sp³-hybridized carbons (Fsp3) is 0.391. The molecule has 5 heteroatoms. The average molecular weight is 399 g/mol. The highest BCUT2D eigenvalue weighted by atomic mass is 32.2. The number of nitrogens with one attached hydrogen (secondary N) is 2. The third-order valence-electron chi connectivity index (χ3n) is 4.12. The van der Waals surface area contributed by atoms with Crippen LogP contribution >= 0.6 is 11.8 Å². The first-order valence-corrected chi connectivity index (χ1v) is 10.7. The Morgan fingerprint density at radius 1 is 0.964 bits per heavy atom. The van der Waals surface area contributed by atoms with E-state index in [0.29, 0.717) is 0 Å². The topological polar surface area (TPSA) is 58.2 Å². The zero-order valence-corrected chi connectivity index (χ0v) is 17.9. The van der Waals surface area contributed by atoms with E-state index in [1.165, 1.54) is 11.8 Å². The molecule has 0 saturated carbocycles. The van der Waals surface area contributed by atoms with Crippen LogP contribution in [0.5, 0.6) is 0 Å². The molecule has 2 amide bonds. The molecule has 0 heterocycles. The highest BCUT2D eigenvalue weighted by Gasteiger charge is 2.22. The largest absolute Gasteiger partial charge is 0.349 e. The van der Waals surface area contributed by atoms with Crippen LogP contribution < -0.4 is 10.6 Å². The third kappa shape index (κ3) is 8.17. The van der Waals surface area contributed by atoms with E-state index in [0.717, 1.165) is 23.2 Å². The number of hydrogen-bond acceptors (Lipinski definition) is 3. The van der Waals surface area contributed by atoms with E-state index in [9.17, 15) is 9.59 Å². The van der Waals surface area contributed by atoms with Gasteiger partial charge in [0, 0.05) is 5.69 Å². The molecule has 2 aromatic carbocycles. The van der Waals surface area contributed by atoms with Crippen molar-refractivity contribution < 1.29 is 9.59 Å². The number of anilines is 1. The van der Waals surface area contributed by atoms with Gasteiger partial charge in [-0.3, -0.25) is 9.59 Å². The summed E-state index contributed by atoms with van der Waals surface area (Å²) < 4.78 is 0. The van der Waals surface area contributed by atoms with Crippen molar-refractivity contribution in [2.45, 2.75) is 40.2 Å². The molecular formula is C23H30N2O2S. The van der Waals surface area contributed by atoms with Gasteiger partial charge in [-0.1, -0.05) is 63.2 Å². The molecule has 4 nitrogen and oxygen atoms in total. The maximum Gasteiger partial charge on any atom is 0.234 e. The van der Waals surface area contributed by atoms with Crippen molar-refractivity contribution in [3.05, 3.63) is 65.7 Å². The predicted molar refractivity (Wildman–Crippen MR) is 119 cm³/mol. The number of hydrogen-bond donors (Lipinski definition) is 2. The quantitative estimate of drug-likeness (QED) is 0.661. The van der Waals surface area contributed by atoms with Crippen molar-refractivity contribution in [2.75, 3.05) is 16.8 Å². The summed E-state index contributed by atoms with van der Waals surface area (Å²) in [4.78, 5) is 24.5. The summed E-state index contributed by atoms with van der Waals surface area (Å²) in [6.07, 6.45) is 0.848. The molecule has 0 aliphatic heterocycles. The van der Waals surface area contributed by atoms with Crippen LogP contribution in [0.2, 0.25) is 0 Å². The highest BCUT2D eigenvalue weighted by molar-refractivity contribution is 8.00. The van der Waals surface area contributed by atoms with Gasteiger partial charge in [-0.2, -0.15) is 0 Å². The van der Waals surface area contributed by atoms with Gasteiger partial charge in [-0.25, -0.2) is 0 Å². The Morgan fingerprint density at radius 3 is 2.29 bits per heavy atom. The number of benzene rings is 2. The molecule has 1 unspecified atom stereocenters. The van der Waals surface area contributed by atoms with Gasteiger partial charge < -0.3 is 10.6 Å². The molecule has 0 bridgehead atoms. The van der Waals surface area contributed by atoms with Crippen molar-refractivity contribution >= 4 is 29.3 Å². The molecule has 0 aliphatic rings. The zero-order chi connectivity index (χ0) is 20.6. The fourth-order valence-corrected chi connectivity index (χ4v) is 3.57. The molecule has 2 rings (SSSR count). The molecule has 0 fully saturated rings. The number of rotatable bonds is 8. The third-order valence-corrected chi connectivity index (χ3v) is 5.05. The Morgan fingerprint density at radius 2 is 1.64 bits per heavy atom. The van der Waals surface area contributed by atoms with E-state index in [4.69, 9.17) is 0 Å². The molecule has 1 atom stereocenters. The smallest absolute Gasteiger partial charge is 0.234 e. The first-order chi connectivity index (χ1) is 13.2. The number of amides is 2. The Bertz CT molecular complexity index is 785. The summed E-state index contributed by atoms with van der Waals surface area (Å²) in [5.74, 6) is 0.356. The Balaban J connectivity index is 1.83. The summed E-state index contributed by atoms with van der Waals surface area (Å²) >= 11 is 1.32. The lowest BCUT2D eigenvalue weighted by Gasteiger charge is -2.27. The van der Waals surface area contributed by atoms with Crippen LogP contribution in [0.15, 0.2) is 54.6 Å². The molecule has 2 N–H and O–H groups in total. The monoisotopic (exact) mass is 398 g/mol. The zero-order valence-electron chi connectivity index (χ0n) is 17.1. The van der Waals surface area contributed by atoms with E-state index in [1.54, 1.807) is 0 Å². The molecule has 28 heavy (non-hydrogen) atoms.